The molecule has 1 aromatic carbocycles. The summed E-state index contributed by atoms with van der Waals surface area (Å²) in [6, 6.07) is 5.28. The molecule has 0 aliphatic carbocycles. The minimum Gasteiger partial charge on any atom is -0.386 e. The van der Waals surface area contributed by atoms with Crippen molar-refractivity contribution < 1.29 is 9.84 Å². The van der Waals surface area contributed by atoms with Crippen LogP contribution in [-0.2, 0) is 4.74 Å². The molecule has 1 saturated heterocycles. The van der Waals surface area contributed by atoms with Crippen LogP contribution in [-0.4, -0.2) is 17.8 Å². The second kappa shape index (κ2) is 4.92. The first-order chi connectivity index (χ1) is 7.61. The number of benzene rings is 1. The fourth-order valence-electron chi connectivity index (χ4n) is 2.05. The van der Waals surface area contributed by atoms with Crippen LogP contribution in [0.4, 0.5) is 0 Å². The molecule has 0 bridgehead atoms. The maximum atomic E-state index is 10.2. The maximum Gasteiger partial charge on any atom is 0.107 e. The average molecular weight is 261 g/mol. The smallest absolute Gasteiger partial charge is 0.107 e. The molecule has 0 radical (unpaired) electrons. The van der Waals surface area contributed by atoms with Gasteiger partial charge in [-0.1, -0.05) is 42.3 Å². The van der Waals surface area contributed by atoms with Crippen LogP contribution in [0.15, 0.2) is 18.2 Å². The van der Waals surface area contributed by atoms with Crippen LogP contribution in [0.25, 0.3) is 0 Å². The Kier molecular flexibility index (Phi) is 3.75. The Balaban J connectivity index is 2.26. The zero-order valence-electron chi connectivity index (χ0n) is 8.99. The quantitative estimate of drug-likeness (QED) is 0.883. The van der Waals surface area contributed by atoms with Gasteiger partial charge in [0.05, 0.1) is 16.1 Å². The Morgan fingerprint density at radius 1 is 1.44 bits per heavy atom. The average Bonchev–Trinajstić information content (AvgIpc) is 2.68. The third-order valence-electron chi connectivity index (χ3n) is 3.06. The highest BCUT2D eigenvalue weighted by Crippen LogP contribution is 2.36. The highest BCUT2D eigenvalue weighted by Gasteiger charge is 2.33. The number of aliphatic hydroxyl groups excluding tert-OH is 1. The monoisotopic (exact) mass is 260 g/mol. The van der Waals surface area contributed by atoms with E-state index in [0.717, 1.165) is 6.42 Å². The van der Waals surface area contributed by atoms with Crippen LogP contribution >= 0.6 is 23.2 Å². The van der Waals surface area contributed by atoms with Gasteiger partial charge in [0.2, 0.25) is 0 Å². The largest absolute Gasteiger partial charge is 0.386 e. The molecule has 88 valence electrons. The van der Waals surface area contributed by atoms with Gasteiger partial charge in [-0.25, -0.2) is 0 Å². The van der Waals surface area contributed by atoms with E-state index >= 15 is 0 Å². The van der Waals surface area contributed by atoms with Gasteiger partial charge in [0.1, 0.15) is 6.10 Å². The molecule has 16 heavy (non-hydrogen) atoms. The lowest BCUT2D eigenvalue weighted by molar-refractivity contribution is -0.0177. The normalized spacial score (nSPS) is 27.0. The molecule has 1 N–H and O–H groups in total. The molecule has 3 unspecified atom stereocenters. The van der Waals surface area contributed by atoms with Crippen LogP contribution in [0.1, 0.15) is 25.0 Å². The Labute approximate surface area is 105 Å². The van der Waals surface area contributed by atoms with E-state index in [1.54, 1.807) is 18.2 Å². The lowest BCUT2D eigenvalue weighted by Gasteiger charge is -2.22. The van der Waals surface area contributed by atoms with E-state index < -0.39 is 6.10 Å². The number of aliphatic hydroxyl groups is 1. The van der Waals surface area contributed by atoms with E-state index in [2.05, 4.69) is 6.92 Å². The standard InChI is InChI=1S/C12H14Cl2O2/c1-7-5-6-16-12(7)11(15)8-3-2-4-9(13)10(8)14/h2-4,7,11-12,15H,5-6H2,1H3. The summed E-state index contributed by atoms with van der Waals surface area (Å²) in [4.78, 5) is 0. The Morgan fingerprint density at radius 2 is 2.19 bits per heavy atom. The van der Waals surface area contributed by atoms with Gasteiger partial charge < -0.3 is 9.84 Å². The lowest BCUT2D eigenvalue weighted by atomic mass is 9.95. The molecule has 1 aliphatic rings. The van der Waals surface area contributed by atoms with Gasteiger partial charge >= 0.3 is 0 Å². The molecule has 1 fully saturated rings. The first kappa shape index (κ1) is 12.2. The van der Waals surface area contributed by atoms with Crippen molar-refractivity contribution in [1.82, 2.24) is 0 Å². The van der Waals surface area contributed by atoms with Gasteiger partial charge in [0.25, 0.3) is 0 Å². The van der Waals surface area contributed by atoms with Crippen molar-refractivity contribution in [3.8, 4) is 0 Å². The molecule has 1 aromatic rings. The van der Waals surface area contributed by atoms with E-state index in [-0.39, 0.29) is 6.10 Å². The van der Waals surface area contributed by atoms with E-state index in [0.29, 0.717) is 28.1 Å². The van der Waals surface area contributed by atoms with Crippen LogP contribution in [0.3, 0.4) is 0 Å². The van der Waals surface area contributed by atoms with Crippen molar-refractivity contribution in [1.29, 1.82) is 0 Å². The molecular formula is C12H14Cl2O2. The maximum absolute atomic E-state index is 10.2. The fourth-order valence-corrected chi connectivity index (χ4v) is 2.47. The summed E-state index contributed by atoms with van der Waals surface area (Å²) in [5.74, 6) is 0.338. The molecule has 2 rings (SSSR count). The topological polar surface area (TPSA) is 29.5 Å². The van der Waals surface area contributed by atoms with Crippen molar-refractivity contribution in [2.75, 3.05) is 6.61 Å². The SMILES string of the molecule is CC1CCOC1C(O)c1cccc(Cl)c1Cl. The first-order valence-electron chi connectivity index (χ1n) is 5.35. The minimum atomic E-state index is -0.705. The van der Waals surface area contributed by atoms with Gasteiger partial charge in [-0.15, -0.1) is 0 Å². The summed E-state index contributed by atoms with van der Waals surface area (Å²) in [7, 11) is 0. The van der Waals surface area contributed by atoms with Crippen molar-refractivity contribution in [2.24, 2.45) is 5.92 Å². The van der Waals surface area contributed by atoms with Crippen molar-refractivity contribution in [3.05, 3.63) is 33.8 Å². The third-order valence-corrected chi connectivity index (χ3v) is 3.89. The molecule has 0 amide bonds. The van der Waals surface area contributed by atoms with Gasteiger partial charge in [0.15, 0.2) is 0 Å². The second-order valence-corrected chi connectivity index (χ2v) is 4.97. The van der Waals surface area contributed by atoms with Gasteiger partial charge in [-0.3, -0.25) is 0 Å². The molecule has 1 heterocycles. The van der Waals surface area contributed by atoms with Gasteiger partial charge in [-0.2, -0.15) is 0 Å². The summed E-state index contributed by atoms with van der Waals surface area (Å²) >= 11 is 12.0. The van der Waals surface area contributed by atoms with Gasteiger partial charge in [0, 0.05) is 12.2 Å². The summed E-state index contributed by atoms with van der Waals surface area (Å²) in [5, 5.41) is 11.1. The molecular weight excluding hydrogens is 247 g/mol. The fraction of sp³-hybridized carbons (Fsp3) is 0.500. The number of hydrogen-bond donors (Lipinski definition) is 1. The van der Waals surface area contributed by atoms with E-state index in [1.807, 2.05) is 0 Å². The molecule has 3 atom stereocenters. The Hall–Kier alpha value is -0.280. The van der Waals surface area contributed by atoms with E-state index in [9.17, 15) is 5.11 Å². The van der Waals surface area contributed by atoms with Crippen molar-refractivity contribution in [2.45, 2.75) is 25.6 Å². The van der Waals surface area contributed by atoms with E-state index in [4.69, 9.17) is 27.9 Å². The van der Waals surface area contributed by atoms with Crippen molar-refractivity contribution >= 4 is 23.2 Å². The Bertz CT molecular complexity index is 381. The number of rotatable bonds is 2. The highest BCUT2D eigenvalue weighted by molar-refractivity contribution is 6.42. The summed E-state index contributed by atoms with van der Waals surface area (Å²) in [6.07, 6.45) is 0.0829. The third kappa shape index (κ3) is 2.21. The van der Waals surface area contributed by atoms with Crippen molar-refractivity contribution in [3.63, 3.8) is 0 Å². The molecule has 2 nitrogen and oxygen atoms in total. The molecule has 0 saturated carbocycles. The number of ether oxygens (including phenoxy) is 1. The number of hydrogen-bond acceptors (Lipinski definition) is 2. The predicted octanol–water partition coefficient (Wildman–Crippen LogP) is 3.45. The Morgan fingerprint density at radius 3 is 2.81 bits per heavy atom. The van der Waals surface area contributed by atoms with Gasteiger partial charge in [-0.05, 0) is 18.4 Å². The lowest BCUT2D eigenvalue weighted by Crippen LogP contribution is -2.23. The molecule has 1 aliphatic heterocycles. The zero-order chi connectivity index (χ0) is 11.7. The van der Waals surface area contributed by atoms with E-state index in [1.165, 1.54) is 0 Å². The summed E-state index contributed by atoms with van der Waals surface area (Å²) in [5.41, 5.74) is 0.646. The highest BCUT2D eigenvalue weighted by atomic mass is 35.5. The molecule has 0 spiro atoms. The predicted molar refractivity (Wildman–Crippen MR) is 64.9 cm³/mol. The zero-order valence-corrected chi connectivity index (χ0v) is 10.5. The minimum absolute atomic E-state index is 0.184. The van der Waals surface area contributed by atoms with Crippen LogP contribution < -0.4 is 0 Å². The molecule has 4 heteroatoms. The summed E-state index contributed by atoms with van der Waals surface area (Å²) < 4.78 is 5.52. The second-order valence-electron chi connectivity index (χ2n) is 4.19. The van der Waals surface area contributed by atoms with Crippen LogP contribution in [0.2, 0.25) is 10.0 Å². The number of halogens is 2. The van der Waals surface area contributed by atoms with Crippen LogP contribution in [0, 0.1) is 5.92 Å². The van der Waals surface area contributed by atoms with Crippen LogP contribution in [0.5, 0.6) is 0 Å². The molecule has 0 aromatic heterocycles. The summed E-state index contributed by atoms with van der Waals surface area (Å²) in [6.45, 7) is 2.76. The first-order valence-corrected chi connectivity index (χ1v) is 6.10.